The van der Waals surface area contributed by atoms with Crippen LogP contribution in [0.1, 0.15) is 17.3 Å². The molecule has 1 aliphatic heterocycles. The number of carboxylic acids is 1. The highest BCUT2D eigenvalue weighted by Crippen LogP contribution is 2.32. The summed E-state index contributed by atoms with van der Waals surface area (Å²) < 4.78 is 37.6. The molecule has 0 radical (unpaired) electrons. The summed E-state index contributed by atoms with van der Waals surface area (Å²) in [6, 6.07) is 14.5. The number of hydrogen-bond donors (Lipinski definition) is 3. The number of nitrogens with one attached hydrogen (secondary N) is 2. The Morgan fingerprint density at radius 2 is 1.94 bits per heavy atom. The molecular formula is C21H17F3N4O3. The van der Waals surface area contributed by atoms with Gasteiger partial charge in [0.05, 0.1) is 29.8 Å². The van der Waals surface area contributed by atoms with Gasteiger partial charge in [-0.15, -0.1) is 0 Å². The maximum Gasteiger partial charge on any atom is 0.490 e. The summed E-state index contributed by atoms with van der Waals surface area (Å²) in [5, 5.41) is 14.0. The number of benzene rings is 2. The molecule has 1 atom stereocenters. The number of halogens is 3. The number of aromatic amines is 2. The number of para-hydroxylation sites is 1. The van der Waals surface area contributed by atoms with Gasteiger partial charge in [0, 0.05) is 11.8 Å². The van der Waals surface area contributed by atoms with Crippen LogP contribution in [0.3, 0.4) is 0 Å². The molecule has 10 heteroatoms. The average molecular weight is 430 g/mol. The number of aromatic nitrogens is 4. The molecule has 1 unspecified atom stereocenters. The van der Waals surface area contributed by atoms with E-state index in [2.05, 4.69) is 45.5 Å². The Morgan fingerprint density at radius 1 is 1.16 bits per heavy atom. The van der Waals surface area contributed by atoms with Crippen molar-refractivity contribution in [1.29, 1.82) is 0 Å². The second kappa shape index (κ2) is 8.13. The summed E-state index contributed by atoms with van der Waals surface area (Å²) in [7, 11) is 0. The molecule has 4 aromatic rings. The second-order valence-electron chi connectivity index (χ2n) is 6.96. The van der Waals surface area contributed by atoms with Crippen molar-refractivity contribution in [2.24, 2.45) is 0 Å². The lowest BCUT2D eigenvalue weighted by atomic mass is 9.96. The highest BCUT2D eigenvalue weighted by molar-refractivity contribution is 5.81. The summed E-state index contributed by atoms with van der Waals surface area (Å²) in [6.45, 7) is 0.658. The summed E-state index contributed by atoms with van der Waals surface area (Å²) in [5.74, 6) is -0.520. The number of carboxylic acid groups (broad SMARTS) is 1. The lowest BCUT2D eigenvalue weighted by Crippen LogP contribution is -2.21. The number of aliphatic carboxylic acids is 1. The highest BCUT2D eigenvalue weighted by atomic mass is 19.4. The molecule has 0 fully saturated rings. The van der Waals surface area contributed by atoms with Gasteiger partial charge in [0.25, 0.3) is 0 Å². The minimum absolute atomic E-state index is 0.254. The molecular weight excluding hydrogens is 413 g/mol. The van der Waals surface area contributed by atoms with Crippen molar-refractivity contribution in [2.45, 2.75) is 18.5 Å². The Kier molecular flexibility index (Phi) is 5.37. The minimum atomic E-state index is -5.08. The molecule has 0 bridgehead atoms. The van der Waals surface area contributed by atoms with Gasteiger partial charge >= 0.3 is 12.1 Å². The normalized spacial score (nSPS) is 15.5. The molecule has 31 heavy (non-hydrogen) atoms. The summed E-state index contributed by atoms with van der Waals surface area (Å²) >= 11 is 0. The van der Waals surface area contributed by atoms with Crippen molar-refractivity contribution in [3.8, 4) is 16.9 Å². The summed E-state index contributed by atoms with van der Waals surface area (Å²) in [6.07, 6.45) is -0.417. The topological polar surface area (TPSA) is 104 Å². The fraction of sp³-hybridized carbons (Fsp3) is 0.190. The van der Waals surface area contributed by atoms with E-state index in [9.17, 15) is 13.2 Å². The monoisotopic (exact) mass is 430 g/mol. The third-order valence-corrected chi connectivity index (χ3v) is 4.84. The largest absolute Gasteiger partial charge is 0.493 e. The smallest absolute Gasteiger partial charge is 0.490 e. The number of hydrogen-bond acceptors (Lipinski definition) is 4. The predicted molar refractivity (Wildman–Crippen MR) is 106 cm³/mol. The fourth-order valence-corrected chi connectivity index (χ4v) is 3.31. The van der Waals surface area contributed by atoms with Gasteiger partial charge in [-0.1, -0.05) is 24.3 Å². The van der Waals surface area contributed by atoms with Crippen molar-refractivity contribution >= 4 is 17.0 Å². The van der Waals surface area contributed by atoms with Crippen LogP contribution >= 0.6 is 0 Å². The third-order valence-electron chi connectivity index (χ3n) is 4.84. The third kappa shape index (κ3) is 4.52. The van der Waals surface area contributed by atoms with E-state index in [1.54, 1.807) is 0 Å². The Bertz CT molecular complexity index is 1200. The van der Waals surface area contributed by atoms with E-state index in [-0.39, 0.29) is 5.92 Å². The Hall–Kier alpha value is -3.82. The van der Waals surface area contributed by atoms with Crippen molar-refractivity contribution < 1.29 is 27.8 Å². The van der Waals surface area contributed by atoms with Gasteiger partial charge in [0.2, 0.25) is 0 Å². The standard InChI is InChI=1S/C19H16N4O.C2HF3O2/c1-2-4-18-13(3-1)7-14(11-24-18)19-22-16-6-5-12(8-17(16)23-19)15-9-20-21-10-15;3-2(4,5)1(6)7/h1-6,8-10,14H,7,11H2,(H,20,21)(H,22,23);(H,6,7). The Balaban J connectivity index is 0.000000289. The van der Waals surface area contributed by atoms with Crippen LogP contribution in [-0.4, -0.2) is 44.0 Å². The van der Waals surface area contributed by atoms with Gasteiger partial charge in [-0.05, 0) is 35.7 Å². The van der Waals surface area contributed by atoms with Gasteiger partial charge in [-0.25, -0.2) is 9.78 Å². The number of rotatable bonds is 2. The zero-order valence-electron chi connectivity index (χ0n) is 16.0. The van der Waals surface area contributed by atoms with Crippen molar-refractivity contribution in [3.63, 3.8) is 0 Å². The lowest BCUT2D eigenvalue weighted by molar-refractivity contribution is -0.192. The zero-order valence-corrected chi connectivity index (χ0v) is 16.0. The highest BCUT2D eigenvalue weighted by Gasteiger charge is 2.38. The number of imidazole rings is 1. The minimum Gasteiger partial charge on any atom is -0.493 e. The molecule has 2 aromatic carbocycles. The van der Waals surface area contributed by atoms with E-state index in [1.807, 2.05) is 24.5 Å². The van der Waals surface area contributed by atoms with Crippen molar-refractivity contribution in [3.05, 3.63) is 66.2 Å². The number of alkyl halides is 3. The lowest BCUT2D eigenvalue weighted by Gasteiger charge is -2.23. The summed E-state index contributed by atoms with van der Waals surface area (Å²) in [4.78, 5) is 17.1. The van der Waals surface area contributed by atoms with E-state index >= 15 is 0 Å². The van der Waals surface area contributed by atoms with Gasteiger partial charge < -0.3 is 14.8 Å². The molecule has 1 aliphatic rings. The Morgan fingerprint density at radius 3 is 2.65 bits per heavy atom. The first-order chi connectivity index (χ1) is 14.8. The second-order valence-corrected chi connectivity index (χ2v) is 6.96. The van der Waals surface area contributed by atoms with Crippen molar-refractivity contribution in [1.82, 2.24) is 20.2 Å². The molecule has 0 spiro atoms. The molecule has 7 nitrogen and oxygen atoms in total. The molecule has 160 valence electrons. The van der Waals surface area contributed by atoms with E-state index < -0.39 is 12.1 Å². The van der Waals surface area contributed by atoms with E-state index in [0.29, 0.717) is 6.61 Å². The maximum atomic E-state index is 10.6. The van der Waals surface area contributed by atoms with Crippen LogP contribution in [0.5, 0.6) is 5.75 Å². The molecule has 0 saturated carbocycles. The first-order valence-corrected chi connectivity index (χ1v) is 9.31. The average Bonchev–Trinajstić information content (AvgIpc) is 3.42. The molecule has 0 amide bonds. The predicted octanol–water partition coefficient (Wildman–Crippen LogP) is 4.31. The SMILES string of the molecule is O=C(O)C(F)(F)F.c1ccc2c(c1)CC(c1nc3ccc(-c4cn[nH]c4)cc3[nH]1)CO2. The number of nitrogens with zero attached hydrogens (tertiary/aromatic N) is 2. The summed E-state index contributed by atoms with van der Waals surface area (Å²) in [5.41, 5.74) is 5.46. The van der Waals surface area contributed by atoms with Crippen LogP contribution in [-0.2, 0) is 11.2 Å². The van der Waals surface area contributed by atoms with Gasteiger partial charge in [-0.2, -0.15) is 18.3 Å². The van der Waals surface area contributed by atoms with E-state index in [4.69, 9.17) is 19.6 Å². The van der Waals surface area contributed by atoms with Crippen LogP contribution in [0.15, 0.2) is 54.9 Å². The van der Waals surface area contributed by atoms with E-state index in [0.717, 1.165) is 40.2 Å². The molecule has 2 aromatic heterocycles. The molecule has 0 aliphatic carbocycles. The number of ether oxygens (including phenoxy) is 1. The van der Waals surface area contributed by atoms with Crippen LogP contribution < -0.4 is 4.74 Å². The fourth-order valence-electron chi connectivity index (χ4n) is 3.31. The number of carbonyl (C=O) groups is 1. The van der Waals surface area contributed by atoms with Crippen LogP contribution in [0.25, 0.3) is 22.2 Å². The van der Waals surface area contributed by atoms with Gasteiger partial charge in [0.1, 0.15) is 11.6 Å². The Labute approximate surface area is 173 Å². The zero-order chi connectivity index (χ0) is 22.0. The van der Waals surface area contributed by atoms with Crippen molar-refractivity contribution in [2.75, 3.05) is 6.61 Å². The van der Waals surface area contributed by atoms with Crippen LogP contribution in [0.4, 0.5) is 13.2 Å². The first-order valence-electron chi connectivity index (χ1n) is 9.31. The molecule has 3 heterocycles. The quantitative estimate of drug-likeness (QED) is 0.440. The van der Waals surface area contributed by atoms with E-state index in [1.165, 1.54) is 5.56 Å². The number of fused-ring (bicyclic) bond motifs is 2. The maximum absolute atomic E-state index is 10.6. The van der Waals surface area contributed by atoms with Crippen LogP contribution in [0, 0.1) is 0 Å². The van der Waals surface area contributed by atoms with Gasteiger partial charge in [0.15, 0.2) is 0 Å². The first kappa shape index (κ1) is 20.5. The number of H-pyrrole nitrogens is 2. The molecule has 5 rings (SSSR count). The van der Waals surface area contributed by atoms with Crippen LogP contribution in [0.2, 0.25) is 0 Å². The molecule has 3 N–H and O–H groups in total. The molecule has 0 saturated heterocycles. The van der Waals surface area contributed by atoms with Gasteiger partial charge in [-0.3, -0.25) is 5.10 Å².